The van der Waals surface area contributed by atoms with Crippen molar-refractivity contribution in [3.8, 4) is 0 Å². The average molecular weight is 545 g/mol. The molecule has 0 bridgehead atoms. The minimum absolute atomic E-state index is 0.101. The van der Waals surface area contributed by atoms with E-state index in [1.54, 1.807) is 33.0 Å². The summed E-state index contributed by atoms with van der Waals surface area (Å²) >= 11 is 0. The summed E-state index contributed by atoms with van der Waals surface area (Å²) in [6.07, 6.45) is -2.66. The van der Waals surface area contributed by atoms with Crippen LogP contribution in [0.15, 0.2) is 30.1 Å². The van der Waals surface area contributed by atoms with Crippen molar-refractivity contribution < 1.29 is 36.3 Å². The number of halogens is 5. The van der Waals surface area contributed by atoms with Crippen LogP contribution in [-0.4, -0.2) is 56.0 Å². The highest BCUT2D eigenvalue weighted by Crippen LogP contribution is 2.38. The third-order valence-electron chi connectivity index (χ3n) is 6.52. The van der Waals surface area contributed by atoms with Crippen molar-refractivity contribution in [2.75, 3.05) is 6.54 Å². The van der Waals surface area contributed by atoms with Gasteiger partial charge in [-0.2, -0.15) is 27.1 Å². The lowest BCUT2D eigenvalue weighted by molar-refractivity contribution is -0.149. The van der Waals surface area contributed by atoms with Crippen molar-refractivity contribution in [1.29, 1.82) is 0 Å². The fraction of sp³-hybridized carbons (Fsp3) is 0.583. The minimum atomic E-state index is -4.55. The number of ether oxygens (including phenoxy) is 1. The lowest BCUT2D eigenvalue weighted by Gasteiger charge is -2.31. The molecular formula is C24H29F5N6O3. The smallest absolute Gasteiger partial charge is 0.410 e. The minimum Gasteiger partial charge on any atom is -0.444 e. The zero-order valence-electron chi connectivity index (χ0n) is 21.1. The molecule has 14 heteroatoms. The predicted octanol–water partition coefficient (Wildman–Crippen LogP) is 5.09. The third kappa shape index (κ3) is 6.51. The molecule has 2 atom stereocenters. The summed E-state index contributed by atoms with van der Waals surface area (Å²) in [6.45, 7) is 4.54. The summed E-state index contributed by atoms with van der Waals surface area (Å²) in [7, 11) is 0. The molecule has 2 fully saturated rings. The molecule has 2 aromatic heterocycles. The van der Waals surface area contributed by atoms with E-state index in [-0.39, 0.29) is 30.9 Å². The van der Waals surface area contributed by atoms with E-state index in [1.807, 2.05) is 5.32 Å². The Morgan fingerprint density at radius 2 is 1.92 bits per heavy atom. The maximum atomic E-state index is 13.1. The Balaban J connectivity index is 1.55. The van der Waals surface area contributed by atoms with Crippen molar-refractivity contribution in [3.63, 3.8) is 0 Å². The summed E-state index contributed by atoms with van der Waals surface area (Å²) in [5, 5.41) is 9.01. The zero-order chi connectivity index (χ0) is 27.8. The van der Waals surface area contributed by atoms with Crippen molar-refractivity contribution in [2.45, 2.75) is 76.9 Å². The van der Waals surface area contributed by atoms with Crippen LogP contribution in [0.4, 0.5) is 31.5 Å². The summed E-state index contributed by atoms with van der Waals surface area (Å²) in [5.74, 6) is -0.192. The van der Waals surface area contributed by atoms with Crippen LogP contribution in [0.3, 0.4) is 0 Å². The number of amides is 3. The summed E-state index contributed by atoms with van der Waals surface area (Å²) in [5.41, 5.74) is 0.616. The molecule has 0 radical (unpaired) electrons. The number of carbonyl (C=O) groups is 2. The number of alkyl carbamates (subject to hydrolysis) is 1. The quantitative estimate of drug-likeness (QED) is 0.511. The van der Waals surface area contributed by atoms with Crippen LogP contribution in [0.2, 0.25) is 0 Å². The Hall–Kier alpha value is -3.45. The Morgan fingerprint density at radius 3 is 2.50 bits per heavy atom. The van der Waals surface area contributed by atoms with Crippen LogP contribution >= 0.6 is 0 Å². The van der Waals surface area contributed by atoms with Crippen LogP contribution in [0.25, 0.3) is 5.65 Å². The van der Waals surface area contributed by atoms with Crippen molar-refractivity contribution >= 4 is 17.8 Å². The Kier molecular flexibility index (Phi) is 7.53. The first kappa shape index (κ1) is 27.6. The van der Waals surface area contributed by atoms with Crippen LogP contribution in [-0.2, 0) is 11.3 Å². The zero-order valence-corrected chi connectivity index (χ0v) is 21.1. The van der Waals surface area contributed by atoms with Gasteiger partial charge in [0.2, 0.25) is 0 Å². The lowest BCUT2D eigenvalue weighted by atomic mass is 9.81. The number of fused-ring (bicyclic) bond motifs is 1. The first-order valence-electron chi connectivity index (χ1n) is 12.2. The first-order chi connectivity index (χ1) is 17.7. The number of hydrogen-bond acceptors (Lipinski definition) is 5. The van der Waals surface area contributed by atoms with Crippen LogP contribution < -0.4 is 10.6 Å². The largest absolute Gasteiger partial charge is 0.444 e. The number of nitrogens with zero attached hydrogens (tertiary/aromatic N) is 4. The van der Waals surface area contributed by atoms with Crippen LogP contribution in [0.5, 0.6) is 0 Å². The molecule has 2 N–H and O–H groups in total. The molecular weight excluding hydrogens is 515 g/mol. The van der Waals surface area contributed by atoms with Gasteiger partial charge in [-0.05, 0) is 69.6 Å². The predicted molar refractivity (Wildman–Crippen MR) is 125 cm³/mol. The second-order valence-corrected chi connectivity index (χ2v) is 10.6. The normalized spacial score (nSPS) is 21.4. The van der Waals surface area contributed by atoms with E-state index in [9.17, 15) is 31.5 Å². The number of imidazole rings is 1. The number of nitrogens with one attached hydrogen (secondary N) is 2. The molecule has 2 aliphatic rings. The molecule has 208 valence electrons. The molecule has 0 spiro atoms. The van der Waals surface area contributed by atoms with E-state index >= 15 is 0 Å². The monoisotopic (exact) mass is 544 g/mol. The second-order valence-electron chi connectivity index (χ2n) is 10.6. The highest BCUT2D eigenvalue weighted by atomic mass is 19.4. The molecule has 0 aromatic carbocycles. The van der Waals surface area contributed by atoms with Crippen LogP contribution in [0, 0.1) is 5.92 Å². The van der Waals surface area contributed by atoms with E-state index in [2.05, 4.69) is 15.4 Å². The maximum Gasteiger partial charge on any atom is 0.410 e. The van der Waals surface area contributed by atoms with Gasteiger partial charge < -0.3 is 20.3 Å². The maximum absolute atomic E-state index is 13.1. The molecule has 0 unspecified atom stereocenters. The highest BCUT2D eigenvalue weighted by Gasteiger charge is 2.46. The summed E-state index contributed by atoms with van der Waals surface area (Å²) in [4.78, 5) is 30.2. The fourth-order valence-electron chi connectivity index (χ4n) is 4.68. The third-order valence-corrected chi connectivity index (χ3v) is 6.52. The second kappa shape index (κ2) is 10.4. The topological polar surface area (TPSA) is 101 Å². The number of aromatic nitrogens is 3. The van der Waals surface area contributed by atoms with E-state index < -0.39 is 48.6 Å². The Morgan fingerprint density at radius 1 is 1.24 bits per heavy atom. The first-order valence-corrected chi connectivity index (χ1v) is 12.2. The molecule has 2 aromatic rings. The number of rotatable bonds is 5. The van der Waals surface area contributed by atoms with Crippen LogP contribution in [0.1, 0.15) is 63.8 Å². The van der Waals surface area contributed by atoms with E-state index in [1.165, 1.54) is 10.7 Å². The number of hydrogen-bond donors (Lipinski definition) is 2. The standard InChI is InChI=1S/C24H29F5N6O3/c1-23(2,3)38-22(37)33-19(14-4-6-15(7-5-14)20(25)26)16-11-35-18(31-16)8-13(9-30-35)10-34-12-17(24(27,28)29)32-21(34)36/h8-9,11,14,17,19H,4-7,10,12H2,1-3H3,(H,32,36)(H,33,37)/t17-,19-/m0/s1. The highest BCUT2D eigenvalue weighted by molar-refractivity contribution is 5.77. The number of allylic oxidation sites excluding steroid dienone is 1. The van der Waals surface area contributed by atoms with Gasteiger partial charge in [0.25, 0.3) is 6.08 Å². The van der Waals surface area contributed by atoms with E-state index in [0.717, 1.165) is 4.90 Å². The lowest BCUT2D eigenvalue weighted by Crippen LogP contribution is -2.40. The number of alkyl halides is 3. The molecule has 3 heterocycles. The van der Waals surface area contributed by atoms with E-state index in [0.29, 0.717) is 29.7 Å². The van der Waals surface area contributed by atoms with Gasteiger partial charge in [-0.3, -0.25) is 0 Å². The Labute approximate surface area is 215 Å². The van der Waals surface area contributed by atoms with Gasteiger partial charge in [0.15, 0.2) is 5.65 Å². The van der Waals surface area contributed by atoms with Gasteiger partial charge in [-0.15, -0.1) is 0 Å². The van der Waals surface area contributed by atoms with Gasteiger partial charge in [0.05, 0.1) is 30.7 Å². The van der Waals surface area contributed by atoms with Crippen molar-refractivity contribution in [3.05, 3.63) is 41.4 Å². The molecule has 3 amide bonds. The van der Waals surface area contributed by atoms with Gasteiger partial charge in [0, 0.05) is 6.54 Å². The number of carbonyl (C=O) groups excluding carboxylic acids is 2. The Bertz CT molecular complexity index is 1220. The SMILES string of the molecule is CC(C)(C)OC(=O)N[C@H](c1cn2ncc(CN3C[C@@H](C(F)(F)F)NC3=O)cc2n1)C1CCC(=C(F)F)CC1. The summed E-state index contributed by atoms with van der Waals surface area (Å²) < 4.78 is 71.9. The van der Waals surface area contributed by atoms with Crippen molar-refractivity contribution in [2.24, 2.45) is 5.92 Å². The summed E-state index contributed by atoms with van der Waals surface area (Å²) in [6, 6.07) is -1.82. The average Bonchev–Trinajstić information content (AvgIpc) is 3.39. The molecule has 1 saturated heterocycles. The molecule has 1 aliphatic heterocycles. The van der Waals surface area contributed by atoms with E-state index in [4.69, 9.17) is 4.74 Å². The fourth-order valence-corrected chi connectivity index (χ4v) is 4.68. The van der Waals surface area contributed by atoms with Gasteiger partial charge >= 0.3 is 18.3 Å². The van der Waals surface area contributed by atoms with Crippen molar-refractivity contribution in [1.82, 2.24) is 30.1 Å². The molecule has 4 rings (SSSR count). The number of urea groups is 1. The molecule has 1 saturated carbocycles. The molecule has 38 heavy (non-hydrogen) atoms. The molecule has 9 nitrogen and oxygen atoms in total. The van der Waals surface area contributed by atoms with Gasteiger partial charge in [-0.25, -0.2) is 19.1 Å². The van der Waals surface area contributed by atoms with Gasteiger partial charge in [-0.1, -0.05) is 0 Å². The van der Waals surface area contributed by atoms with Gasteiger partial charge in [0.1, 0.15) is 11.6 Å². The molecule has 1 aliphatic carbocycles.